The van der Waals surface area contributed by atoms with Gasteiger partial charge in [0.15, 0.2) is 0 Å². The SMILES string of the molecule is CCOCCCNC(=O)c1c(O)cccc1OC. The average molecular weight is 253 g/mol. The summed E-state index contributed by atoms with van der Waals surface area (Å²) in [7, 11) is 1.46. The van der Waals surface area contributed by atoms with E-state index in [2.05, 4.69) is 5.32 Å². The normalized spacial score (nSPS) is 10.1. The molecular formula is C13H19NO4. The summed E-state index contributed by atoms with van der Waals surface area (Å²) < 4.78 is 10.2. The van der Waals surface area contributed by atoms with Gasteiger partial charge >= 0.3 is 0 Å². The average Bonchev–Trinajstić information content (AvgIpc) is 2.37. The Labute approximate surface area is 107 Å². The maximum atomic E-state index is 11.9. The number of ether oxygens (including phenoxy) is 2. The number of nitrogens with one attached hydrogen (secondary N) is 1. The molecule has 1 aromatic rings. The summed E-state index contributed by atoms with van der Waals surface area (Å²) in [6.07, 6.45) is 0.732. The zero-order valence-electron chi connectivity index (χ0n) is 10.7. The molecule has 0 bridgehead atoms. The van der Waals surface area contributed by atoms with Crippen LogP contribution in [0.25, 0.3) is 0 Å². The number of carbonyl (C=O) groups excluding carboxylic acids is 1. The Morgan fingerprint density at radius 3 is 2.89 bits per heavy atom. The molecule has 5 heteroatoms. The minimum absolute atomic E-state index is 0.0864. The first-order valence-electron chi connectivity index (χ1n) is 5.92. The lowest BCUT2D eigenvalue weighted by Gasteiger charge is -2.10. The van der Waals surface area contributed by atoms with Gasteiger partial charge in [0, 0.05) is 19.8 Å². The van der Waals surface area contributed by atoms with E-state index in [9.17, 15) is 9.90 Å². The van der Waals surface area contributed by atoms with Crippen LogP contribution in [0.2, 0.25) is 0 Å². The Morgan fingerprint density at radius 2 is 2.22 bits per heavy atom. The highest BCUT2D eigenvalue weighted by molar-refractivity contribution is 5.99. The molecule has 100 valence electrons. The van der Waals surface area contributed by atoms with Crippen molar-refractivity contribution in [2.24, 2.45) is 0 Å². The lowest BCUT2D eigenvalue weighted by atomic mass is 10.1. The number of phenols is 1. The Hall–Kier alpha value is -1.75. The molecule has 0 aromatic heterocycles. The summed E-state index contributed by atoms with van der Waals surface area (Å²) >= 11 is 0. The third kappa shape index (κ3) is 3.92. The second-order valence-electron chi connectivity index (χ2n) is 3.66. The largest absolute Gasteiger partial charge is 0.507 e. The van der Waals surface area contributed by atoms with Crippen molar-refractivity contribution in [1.29, 1.82) is 0 Å². The number of hydrogen-bond donors (Lipinski definition) is 2. The van der Waals surface area contributed by atoms with Crippen LogP contribution in [-0.2, 0) is 4.74 Å². The first kappa shape index (κ1) is 14.3. The van der Waals surface area contributed by atoms with E-state index in [0.29, 0.717) is 25.5 Å². The van der Waals surface area contributed by atoms with Gasteiger partial charge in [-0.15, -0.1) is 0 Å². The molecule has 18 heavy (non-hydrogen) atoms. The molecule has 0 fully saturated rings. The van der Waals surface area contributed by atoms with E-state index in [1.54, 1.807) is 12.1 Å². The standard InChI is InChI=1S/C13H19NO4/c1-3-18-9-5-8-14-13(16)12-10(15)6-4-7-11(12)17-2/h4,6-7,15H,3,5,8-9H2,1-2H3,(H,14,16). The van der Waals surface area contributed by atoms with Crippen LogP contribution >= 0.6 is 0 Å². The van der Waals surface area contributed by atoms with E-state index in [1.165, 1.54) is 13.2 Å². The first-order valence-corrected chi connectivity index (χ1v) is 5.92. The predicted octanol–water partition coefficient (Wildman–Crippen LogP) is 1.56. The molecule has 0 unspecified atom stereocenters. The number of aromatic hydroxyl groups is 1. The van der Waals surface area contributed by atoms with Crippen LogP contribution in [-0.4, -0.2) is 37.9 Å². The highest BCUT2D eigenvalue weighted by Crippen LogP contribution is 2.26. The summed E-state index contributed by atoms with van der Waals surface area (Å²) in [6.45, 7) is 3.69. The van der Waals surface area contributed by atoms with Gasteiger partial charge in [-0.2, -0.15) is 0 Å². The van der Waals surface area contributed by atoms with Crippen molar-refractivity contribution in [1.82, 2.24) is 5.32 Å². The quantitative estimate of drug-likeness (QED) is 0.724. The first-order chi connectivity index (χ1) is 8.70. The number of phenolic OH excluding ortho intramolecular Hbond substituents is 1. The van der Waals surface area contributed by atoms with Gasteiger partial charge in [-0.1, -0.05) is 6.07 Å². The van der Waals surface area contributed by atoms with Gasteiger partial charge in [0.05, 0.1) is 7.11 Å². The number of rotatable bonds is 7. The van der Waals surface area contributed by atoms with E-state index < -0.39 is 0 Å². The summed E-state index contributed by atoms with van der Waals surface area (Å²) in [5.41, 5.74) is 0.163. The molecule has 0 aliphatic heterocycles. The second-order valence-corrected chi connectivity index (χ2v) is 3.66. The third-order valence-electron chi connectivity index (χ3n) is 2.41. The highest BCUT2D eigenvalue weighted by atomic mass is 16.5. The Morgan fingerprint density at radius 1 is 1.44 bits per heavy atom. The van der Waals surface area contributed by atoms with E-state index >= 15 is 0 Å². The molecule has 1 aromatic carbocycles. The molecule has 0 saturated carbocycles. The lowest BCUT2D eigenvalue weighted by Crippen LogP contribution is -2.25. The number of benzene rings is 1. The fraction of sp³-hybridized carbons (Fsp3) is 0.462. The number of hydrogen-bond acceptors (Lipinski definition) is 4. The summed E-state index contributed by atoms with van der Waals surface area (Å²) in [5, 5.41) is 12.4. The van der Waals surface area contributed by atoms with Crippen molar-refractivity contribution in [3.63, 3.8) is 0 Å². The van der Waals surface area contributed by atoms with E-state index in [1.807, 2.05) is 6.92 Å². The fourth-order valence-corrected chi connectivity index (χ4v) is 1.53. The van der Waals surface area contributed by atoms with Crippen LogP contribution in [0, 0.1) is 0 Å². The maximum absolute atomic E-state index is 11.9. The predicted molar refractivity (Wildman–Crippen MR) is 68.1 cm³/mol. The zero-order valence-corrected chi connectivity index (χ0v) is 10.7. The van der Waals surface area contributed by atoms with Crippen LogP contribution in [0.4, 0.5) is 0 Å². The lowest BCUT2D eigenvalue weighted by molar-refractivity contribution is 0.0938. The molecule has 0 saturated heterocycles. The zero-order chi connectivity index (χ0) is 13.4. The topological polar surface area (TPSA) is 67.8 Å². The van der Waals surface area contributed by atoms with Crippen LogP contribution in [0.1, 0.15) is 23.7 Å². The molecule has 0 atom stereocenters. The van der Waals surface area contributed by atoms with E-state index in [4.69, 9.17) is 9.47 Å². The van der Waals surface area contributed by atoms with Crippen molar-refractivity contribution in [2.75, 3.05) is 26.9 Å². The monoisotopic (exact) mass is 253 g/mol. The van der Waals surface area contributed by atoms with Crippen molar-refractivity contribution in [2.45, 2.75) is 13.3 Å². The van der Waals surface area contributed by atoms with Crippen LogP contribution in [0.3, 0.4) is 0 Å². The molecule has 2 N–H and O–H groups in total. The summed E-state index contributed by atoms with van der Waals surface area (Å²) in [6, 6.07) is 4.71. The van der Waals surface area contributed by atoms with Gasteiger partial charge in [-0.25, -0.2) is 0 Å². The van der Waals surface area contributed by atoms with E-state index in [-0.39, 0.29) is 17.2 Å². The molecule has 0 aliphatic carbocycles. The third-order valence-corrected chi connectivity index (χ3v) is 2.41. The Balaban J connectivity index is 2.56. The second kappa shape index (κ2) is 7.55. The molecule has 5 nitrogen and oxygen atoms in total. The summed E-state index contributed by atoms with van der Waals surface area (Å²) in [4.78, 5) is 11.9. The van der Waals surface area contributed by atoms with E-state index in [0.717, 1.165) is 6.42 Å². The van der Waals surface area contributed by atoms with Crippen molar-refractivity contribution >= 4 is 5.91 Å². The minimum Gasteiger partial charge on any atom is -0.507 e. The Kier molecular flexibility index (Phi) is 6.00. The van der Waals surface area contributed by atoms with Crippen molar-refractivity contribution in [3.8, 4) is 11.5 Å². The van der Waals surface area contributed by atoms with Crippen molar-refractivity contribution in [3.05, 3.63) is 23.8 Å². The number of methoxy groups -OCH3 is 1. The van der Waals surface area contributed by atoms with Crippen LogP contribution in [0.5, 0.6) is 11.5 Å². The highest BCUT2D eigenvalue weighted by Gasteiger charge is 2.16. The van der Waals surface area contributed by atoms with Gasteiger partial charge in [0.1, 0.15) is 17.1 Å². The van der Waals surface area contributed by atoms with Gasteiger partial charge in [-0.05, 0) is 25.5 Å². The summed E-state index contributed by atoms with van der Waals surface area (Å²) in [5.74, 6) is -0.0737. The smallest absolute Gasteiger partial charge is 0.258 e. The number of carbonyl (C=O) groups is 1. The molecular weight excluding hydrogens is 234 g/mol. The molecule has 0 radical (unpaired) electrons. The minimum atomic E-state index is -0.346. The fourth-order valence-electron chi connectivity index (χ4n) is 1.53. The van der Waals surface area contributed by atoms with Gasteiger partial charge in [0.2, 0.25) is 0 Å². The van der Waals surface area contributed by atoms with Crippen LogP contribution < -0.4 is 10.1 Å². The van der Waals surface area contributed by atoms with Crippen LogP contribution in [0.15, 0.2) is 18.2 Å². The van der Waals surface area contributed by atoms with Crippen molar-refractivity contribution < 1.29 is 19.4 Å². The molecule has 0 spiro atoms. The maximum Gasteiger partial charge on any atom is 0.258 e. The molecule has 1 rings (SSSR count). The van der Waals surface area contributed by atoms with Gasteiger partial charge in [0.25, 0.3) is 5.91 Å². The molecule has 0 aliphatic rings. The molecule has 1 amide bonds. The van der Waals surface area contributed by atoms with Gasteiger partial charge < -0.3 is 19.9 Å². The molecule has 0 heterocycles. The Bertz CT molecular complexity index is 393. The van der Waals surface area contributed by atoms with Gasteiger partial charge in [-0.3, -0.25) is 4.79 Å². The number of amides is 1.